The Hall–Kier alpha value is -0.960. The minimum Gasteiger partial charge on any atom is -0.480 e. The topological polar surface area (TPSA) is 37.3 Å². The molecule has 1 aromatic carbocycles. The largest absolute Gasteiger partial charge is 0.480 e. The van der Waals surface area contributed by atoms with Crippen molar-refractivity contribution in [3.63, 3.8) is 0 Å². The Morgan fingerprint density at radius 1 is 1.46 bits per heavy atom. The van der Waals surface area contributed by atoms with E-state index in [2.05, 4.69) is 12.6 Å². The second kappa shape index (κ2) is 4.33. The Labute approximate surface area is 83.0 Å². The minimum absolute atomic E-state index is 0.471. The highest BCUT2D eigenvalue weighted by molar-refractivity contribution is 7.81. The van der Waals surface area contributed by atoms with Gasteiger partial charge < -0.3 is 5.11 Å². The molecule has 0 aromatic heterocycles. The summed E-state index contributed by atoms with van der Waals surface area (Å²) < 4.78 is 0. The highest BCUT2D eigenvalue weighted by Crippen LogP contribution is 2.09. The van der Waals surface area contributed by atoms with E-state index in [4.69, 9.17) is 5.11 Å². The molecule has 13 heavy (non-hydrogen) atoms. The monoisotopic (exact) mass is 196 g/mol. The summed E-state index contributed by atoms with van der Waals surface area (Å²) in [7, 11) is 0. The van der Waals surface area contributed by atoms with Gasteiger partial charge in [-0.2, -0.15) is 12.6 Å². The van der Waals surface area contributed by atoms with Gasteiger partial charge in [0.05, 0.1) is 0 Å². The van der Waals surface area contributed by atoms with Crippen LogP contribution in [0, 0.1) is 6.92 Å². The fourth-order valence-electron chi connectivity index (χ4n) is 1.03. The van der Waals surface area contributed by atoms with Crippen molar-refractivity contribution in [1.82, 2.24) is 0 Å². The van der Waals surface area contributed by atoms with Gasteiger partial charge in [0.15, 0.2) is 0 Å². The summed E-state index contributed by atoms with van der Waals surface area (Å²) in [5.41, 5.74) is 2.18. The molecule has 0 aliphatic rings. The van der Waals surface area contributed by atoms with E-state index in [0.717, 1.165) is 5.56 Å². The number of thiol groups is 1. The summed E-state index contributed by atoms with van der Waals surface area (Å²) in [6.07, 6.45) is 0.471. The first-order chi connectivity index (χ1) is 6.09. The molecule has 1 rings (SSSR count). The summed E-state index contributed by atoms with van der Waals surface area (Å²) in [4.78, 5) is 10.5. The maximum atomic E-state index is 10.5. The SMILES string of the molecule is Cc1ccc(CC(S)C(=O)O)cc1. The molecule has 0 bridgehead atoms. The third kappa shape index (κ3) is 3.11. The number of aliphatic carboxylic acids is 1. The van der Waals surface area contributed by atoms with Gasteiger partial charge in [0.2, 0.25) is 0 Å². The van der Waals surface area contributed by atoms with Crippen LogP contribution in [-0.2, 0) is 11.2 Å². The second-order valence-electron chi connectivity index (χ2n) is 3.04. The average Bonchev–Trinajstić information content (AvgIpc) is 2.08. The van der Waals surface area contributed by atoms with Crippen LogP contribution in [0.3, 0.4) is 0 Å². The molecule has 1 atom stereocenters. The van der Waals surface area contributed by atoms with Gasteiger partial charge in [-0.15, -0.1) is 0 Å². The van der Waals surface area contributed by atoms with Gasteiger partial charge in [-0.1, -0.05) is 29.8 Å². The number of rotatable bonds is 3. The number of carboxylic acid groups (broad SMARTS) is 1. The van der Waals surface area contributed by atoms with Crippen molar-refractivity contribution < 1.29 is 9.90 Å². The van der Waals surface area contributed by atoms with Gasteiger partial charge in [-0.3, -0.25) is 4.79 Å². The fourth-order valence-corrected chi connectivity index (χ4v) is 1.25. The minimum atomic E-state index is -0.871. The smallest absolute Gasteiger partial charge is 0.316 e. The molecule has 0 radical (unpaired) electrons. The molecular formula is C10H12O2S. The number of carbonyl (C=O) groups is 1. The van der Waals surface area contributed by atoms with Crippen LogP contribution >= 0.6 is 12.6 Å². The third-order valence-electron chi connectivity index (χ3n) is 1.83. The Balaban J connectivity index is 2.64. The van der Waals surface area contributed by atoms with Crippen LogP contribution in [-0.4, -0.2) is 16.3 Å². The van der Waals surface area contributed by atoms with Crippen molar-refractivity contribution in [2.45, 2.75) is 18.6 Å². The predicted molar refractivity (Wildman–Crippen MR) is 55.3 cm³/mol. The van der Waals surface area contributed by atoms with Crippen LogP contribution in [0.15, 0.2) is 24.3 Å². The molecule has 0 heterocycles. The third-order valence-corrected chi connectivity index (χ3v) is 2.24. The Morgan fingerprint density at radius 3 is 2.46 bits per heavy atom. The molecule has 0 amide bonds. The zero-order valence-electron chi connectivity index (χ0n) is 7.40. The van der Waals surface area contributed by atoms with Gasteiger partial charge in [-0.25, -0.2) is 0 Å². The summed E-state index contributed by atoms with van der Waals surface area (Å²) in [6.45, 7) is 2.00. The molecule has 0 aliphatic carbocycles. The van der Waals surface area contributed by atoms with Gasteiger partial charge >= 0.3 is 5.97 Å². The van der Waals surface area contributed by atoms with E-state index in [9.17, 15) is 4.79 Å². The van der Waals surface area contributed by atoms with E-state index in [1.807, 2.05) is 31.2 Å². The second-order valence-corrected chi connectivity index (χ2v) is 3.67. The van der Waals surface area contributed by atoms with Gasteiger partial charge in [-0.05, 0) is 18.9 Å². The lowest BCUT2D eigenvalue weighted by atomic mass is 10.1. The lowest BCUT2D eigenvalue weighted by Gasteiger charge is -2.05. The van der Waals surface area contributed by atoms with Crippen molar-refractivity contribution in [1.29, 1.82) is 0 Å². The maximum absolute atomic E-state index is 10.5. The predicted octanol–water partition coefficient (Wildman–Crippen LogP) is 1.92. The summed E-state index contributed by atoms with van der Waals surface area (Å²) in [6, 6.07) is 7.80. The van der Waals surface area contributed by atoms with Crippen LogP contribution in [0.2, 0.25) is 0 Å². The normalized spacial score (nSPS) is 12.5. The van der Waals surface area contributed by atoms with Crippen LogP contribution in [0.4, 0.5) is 0 Å². The maximum Gasteiger partial charge on any atom is 0.316 e. The van der Waals surface area contributed by atoms with E-state index in [-0.39, 0.29) is 0 Å². The first-order valence-corrected chi connectivity index (χ1v) is 4.57. The van der Waals surface area contributed by atoms with E-state index in [0.29, 0.717) is 6.42 Å². The summed E-state index contributed by atoms with van der Waals surface area (Å²) >= 11 is 3.96. The molecular weight excluding hydrogens is 184 g/mol. The molecule has 70 valence electrons. The van der Waals surface area contributed by atoms with Crippen molar-refractivity contribution in [2.24, 2.45) is 0 Å². The average molecular weight is 196 g/mol. The molecule has 1 aromatic rings. The molecule has 0 aliphatic heterocycles. The van der Waals surface area contributed by atoms with Crippen LogP contribution in [0.1, 0.15) is 11.1 Å². The Bertz CT molecular complexity index is 292. The van der Waals surface area contributed by atoms with Gasteiger partial charge in [0.25, 0.3) is 0 Å². The number of benzene rings is 1. The van der Waals surface area contributed by atoms with Crippen molar-refractivity contribution in [3.8, 4) is 0 Å². The first-order valence-electron chi connectivity index (χ1n) is 4.06. The quantitative estimate of drug-likeness (QED) is 0.725. The number of hydrogen-bond acceptors (Lipinski definition) is 2. The lowest BCUT2D eigenvalue weighted by molar-refractivity contribution is -0.136. The zero-order chi connectivity index (χ0) is 9.84. The number of aryl methyl sites for hydroxylation is 1. The van der Waals surface area contributed by atoms with Gasteiger partial charge in [0.1, 0.15) is 5.25 Å². The molecule has 0 spiro atoms. The Kier molecular flexibility index (Phi) is 3.37. The van der Waals surface area contributed by atoms with Crippen LogP contribution in [0.25, 0.3) is 0 Å². The standard InChI is InChI=1S/C10H12O2S/c1-7-2-4-8(5-3-7)6-9(13)10(11)12/h2-5,9,13H,6H2,1H3,(H,11,12). The summed E-state index contributed by atoms with van der Waals surface area (Å²) in [5.74, 6) is -0.871. The van der Waals surface area contributed by atoms with Crippen molar-refractivity contribution >= 4 is 18.6 Å². The molecule has 3 heteroatoms. The number of hydrogen-bond donors (Lipinski definition) is 2. The highest BCUT2D eigenvalue weighted by atomic mass is 32.1. The molecule has 1 unspecified atom stereocenters. The van der Waals surface area contributed by atoms with E-state index in [1.54, 1.807) is 0 Å². The number of carboxylic acids is 1. The van der Waals surface area contributed by atoms with E-state index >= 15 is 0 Å². The molecule has 0 fully saturated rings. The van der Waals surface area contributed by atoms with E-state index < -0.39 is 11.2 Å². The molecule has 0 saturated heterocycles. The first kappa shape index (κ1) is 10.1. The van der Waals surface area contributed by atoms with Crippen LogP contribution < -0.4 is 0 Å². The van der Waals surface area contributed by atoms with E-state index in [1.165, 1.54) is 5.56 Å². The molecule has 2 nitrogen and oxygen atoms in total. The highest BCUT2D eigenvalue weighted by Gasteiger charge is 2.11. The zero-order valence-corrected chi connectivity index (χ0v) is 8.29. The molecule has 1 N–H and O–H groups in total. The molecule has 0 saturated carbocycles. The Morgan fingerprint density at radius 2 is 2.00 bits per heavy atom. The van der Waals surface area contributed by atoms with Crippen LogP contribution in [0.5, 0.6) is 0 Å². The fraction of sp³-hybridized carbons (Fsp3) is 0.300. The summed E-state index contributed by atoms with van der Waals surface area (Å²) in [5, 5.41) is 8.01. The van der Waals surface area contributed by atoms with Crippen molar-refractivity contribution in [3.05, 3.63) is 35.4 Å². The van der Waals surface area contributed by atoms with Crippen molar-refractivity contribution in [2.75, 3.05) is 0 Å². The lowest BCUT2D eigenvalue weighted by Crippen LogP contribution is -2.15. The van der Waals surface area contributed by atoms with Gasteiger partial charge in [0, 0.05) is 0 Å².